The monoisotopic (exact) mass is 556 g/mol. The van der Waals surface area contributed by atoms with Gasteiger partial charge in [0.25, 0.3) is 11.8 Å². The molecule has 2 amide bonds. The highest BCUT2D eigenvalue weighted by Crippen LogP contribution is 2.47. The molecule has 3 aromatic carbocycles. The van der Waals surface area contributed by atoms with Crippen LogP contribution in [0.4, 0.5) is 0 Å². The number of aromatic nitrogens is 4. The van der Waals surface area contributed by atoms with Crippen molar-refractivity contribution in [3.05, 3.63) is 107 Å². The van der Waals surface area contributed by atoms with Crippen LogP contribution in [-0.2, 0) is 4.74 Å². The van der Waals surface area contributed by atoms with Crippen molar-refractivity contribution in [1.29, 1.82) is 0 Å². The lowest BCUT2D eigenvalue weighted by Gasteiger charge is -2.16. The standard InChI is InChI=1S/C33H28N6O3/c1-42-17-5-14-36-32(40)19-10-11-26-27(18-19)38-31(37-26)25-9-4-8-24-28(25)20-6-2-3-7-21(20)29(24)39-33(41)23-13-16-35-30-22(23)12-15-34-30/h2-4,6-13,15-16,18,29H,5,14,17H2,1H3,(H,34,35)(H,36,40)(H,37,38)(H,39,41). The molecule has 208 valence electrons. The Morgan fingerprint density at radius 1 is 0.952 bits per heavy atom. The average molecular weight is 557 g/mol. The second-order valence-electron chi connectivity index (χ2n) is 10.3. The van der Waals surface area contributed by atoms with Gasteiger partial charge in [-0.1, -0.05) is 42.5 Å². The molecule has 0 saturated carbocycles. The minimum atomic E-state index is -0.330. The Labute approximate surface area is 241 Å². The van der Waals surface area contributed by atoms with Gasteiger partial charge < -0.3 is 25.3 Å². The van der Waals surface area contributed by atoms with E-state index in [1.54, 1.807) is 31.6 Å². The Balaban J connectivity index is 1.24. The number of nitrogens with one attached hydrogen (secondary N) is 4. The molecule has 9 nitrogen and oxygen atoms in total. The van der Waals surface area contributed by atoms with Crippen molar-refractivity contribution in [2.45, 2.75) is 12.5 Å². The van der Waals surface area contributed by atoms with Crippen LogP contribution in [0.2, 0.25) is 0 Å². The highest BCUT2D eigenvalue weighted by Gasteiger charge is 2.32. The Morgan fingerprint density at radius 2 is 1.81 bits per heavy atom. The molecule has 9 heteroatoms. The molecule has 0 saturated heterocycles. The van der Waals surface area contributed by atoms with E-state index in [4.69, 9.17) is 9.72 Å². The number of methoxy groups -OCH3 is 1. The summed E-state index contributed by atoms with van der Waals surface area (Å²) in [4.78, 5) is 42.0. The first-order chi connectivity index (χ1) is 20.6. The van der Waals surface area contributed by atoms with Gasteiger partial charge in [0.05, 0.1) is 22.6 Å². The van der Waals surface area contributed by atoms with E-state index in [2.05, 4.69) is 43.8 Å². The van der Waals surface area contributed by atoms with Crippen LogP contribution in [-0.4, -0.2) is 52.0 Å². The maximum absolute atomic E-state index is 13.6. The average Bonchev–Trinajstić information content (AvgIpc) is 3.75. The Hall–Kier alpha value is -5.28. The number of ether oxygens (including phenoxy) is 1. The lowest BCUT2D eigenvalue weighted by Crippen LogP contribution is -2.28. The van der Waals surface area contributed by atoms with E-state index in [1.165, 1.54) is 0 Å². The number of amides is 2. The molecule has 1 atom stereocenters. The molecule has 1 unspecified atom stereocenters. The predicted octanol–water partition coefficient (Wildman–Crippen LogP) is 5.37. The molecule has 0 spiro atoms. The summed E-state index contributed by atoms with van der Waals surface area (Å²) < 4.78 is 5.05. The number of carbonyl (C=O) groups is 2. The van der Waals surface area contributed by atoms with Gasteiger partial charge in [-0.15, -0.1) is 0 Å². The second kappa shape index (κ2) is 10.6. The highest BCUT2D eigenvalue weighted by molar-refractivity contribution is 6.06. The number of imidazole rings is 1. The Bertz CT molecular complexity index is 1970. The largest absolute Gasteiger partial charge is 0.385 e. The molecule has 1 aliphatic carbocycles. The molecule has 3 heterocycles. The van der Waals surface area contributed by atoms with Crippen molar-refractivity contribution < 1.29 is 14.3 Å². The van der Waals surface area contributed by atoms with Crippen LogP contribution >= 0.6 is 0 Å². The molecule has 1 aliphatic rings. The fourth-order valence-electron chi connectivity index (χ4n) is 5.77. The number of aromatic amines is 2. The predicted molar refractivity (Wildman–Crippen MR) is 161 cm³/mol. The lowest BCUT2D eigenvalue weighted by molar-refractivity contribution is 0.0938. The summed E-state index contributed by atoms with van der Waals surface area (Å²) >= 11 is 0. The summed E-state index contributed by atoms with van der Waals surface area (Å²) in [6.45, 7) is 1.14. The fourth-order valence-corrected chi connectivity index (χ4v) is 5.77. The van der Waals surface area contributed by atoms with Crippen LogP contribution in [0.25, 0.3) is 44.6 Å². The smallest absolute Gasteiger partial charge is 0.252 e. The number of H-pyrrole nitrogens is 2. The van der Waals surface area contributed by atoms with E-state index in [9.17, 15) is 9.59 Å². The van der Waals surface area contributed by atoms with Crippen molar-refractivity contribution in [2.24, 2.45) is 0 Å². The van der Waals surface area contributed by atoms with E-state index in [0.29, 0.717) is 35.8 Å². The maximum atomic E-state index is 13.6. The summed E-state index contributed by atoms with van der Waals surface area (Å²) in [5.74, 6) is 0.393. The van der Waals surface area contributed by atoms with Crippen molar-refractivity contribution in [3.8, 4) is 22.5 Å². The first-order valence-electron chi connectivity index (χ1n) is 13.8. The summed E-state index contributed by atoms with van der Waals surface area (Å²) in [5, 5.41) is 6.98. The summed E-state index contributed by atoms with van der Waals surface area (Å²) in [5.41, 5.74) is 8.37. The number of nitrogens with zero attached hydrogens (tertiary/aromatic N) is 2. The van der Waals surface area contributed by atoms with E-state index >= 15 is 0 Å². The summed E-state index contributed by atoms with van der Waals surface area (Å²) in [6.07, 6.45) is 4.17. The van der Waals surface area contributed by atoms with E-state index in [0.717, 1.165) is 50.7 Å². The van der Waals surface area contributed by atoms with Crippen LogP contribution in [0.1, 0.15) is 44.3 Å². The quantitative estimate of drug-likeness (QED) is 0.188. The number of hydrogen-bond acceptors (Lipinski definition) is 5. The Morgan fingerprint density at radius 3 is 2.71 bits per heavy atom. The zero-order chi connectivity index (χ0) is 28.6. The van der Waals surface area contributed by atoms with Crippen LogP contribution in [0.3, 0.4) is 0 Å². The third kappa shape index (κ3) is 4.40. The minimum Gasteiger partial charge on any atom is -0.385 e. The normalized spacial score (nSPS) is 13.7. The molecule has 0 radical (unpaired) electrons. The summed E-state index contributed by atoms with van der Waals surface area (Å²) in [6, 6.07) is 23.0. The number of rotatable bonds is 8. The number of hydrogen-bond donors (Lipinski definition) is 4. The molecule has 4 N–H and O–H groups in total. The molecular formula is C33H28N6O3. The van der Waals surface area contributed by atoms with Crippen molar-refractivity contribution >= 4 is 33.9 Å². The number of pyridine rings is 1. The molecule has 3 aromatic heterocycles. The molecule has 0 aliphatic heterocycles. The van der Waals surface area contributed by atoms with Crippen LogP contribution < -0.4 is 10.6 Å². The van der Waals surface area contributed by atoms with Crippen LogP contribution in [0, 0.1) is 0 Å². The van der Waals surface area contributed by atoms with E-state index in [-0.39, 0.29) is 17.9 Å². The number of carbonyl (C=O) groups excluding carboxylic acids is 2. The third-order valence-corrected chi connectivity index (χ3v) is 7.74. The molecule has 6 aromatic rings. The third-order valence-electron chi connectivity index (χ3n) is 7.74. The van der Waals surface area contributed by atoms with Gasteiger partial charge in [0, 0.05) is 49.2 Å². The van der Waals surface area contributed by atoms with Gasteiger partial charge >= 0.3 is 0 Å². The molecule has 7 rings (SSSR count). The first kappa shape index (κ1) is 25.7. The molecule has 0 fully saturated rings. The second-order valence-corrected chi connectivity index (χ2v) is 10.3. The molecule has 42 heavy (non-hydrogen) atoms. The fraction of sp³-hybridized carbons (Fsp3) is 0.152. The van der Waals surface area contributed by atoms with Gasteiger partial charge in [-0.25, -0.2) is 9.97 Å². The lowest BCUT2D eigenvalue weighted by atomic mass is 9.98. The number of fused-ring (bicyclic) bond motifs is 5. The van der Waals surface area contributed by atoms with Gasteiger partial charge in [-0.3, -0.25) is 9.59 Å². The van der Waals surface area contributed by atoms with Crippen LogP contribution in [0.5, 0.6) is 0 Å². The zero-order valence-electron chi connectivity index (χ0n) is 22.9. The molecular weight excluding hydrogens is 528 g/mol. The topological polar surface area (TPSA) is 125 Å². The van der Waals surface area contributed by atoms with Crippen LogP contribution in [0.15, 0.2) is 85.2 Å². The summed E-state index contributed by atoms with van der Waals surface area (Å²) in [7, 11) is 1.64. The van der Waals surface area contributed by atoms with Gasteiger partial charge in [-0.2, -0.15) is 0 Å². The van der Waals surface area contributed by atoms with Gasteiger partial charge in [0.2, 0.25) is 0 Å². The number of benzene rings is 3. The van der Waals surface area contributed by atoms with E-state index < -0.39 is 0 Å². The van der Waals surface area contributed by atoms with Gasteiger partial charge in [0.15, 0.2) is 0 Å². The Kier molecular flexibility index (Phi) is 6.48. The van der Waals surface area contributed by atoms with Crippen molar-refractivity contribution in [2.75, 3.05) is 20.3 Å². The van der Waals surface area contributed by atoms with Crippen molar-refractivity contribution in [1.82, 2.24) is 30.6 Å². The minimum absolute atomic E-state index is 0.136. The maximum Gasteiger partial charge on any atom is 0.252 e. The SMILES string of the molecule is COCCCNC(=O)c1ccc2nc(-c3cccc4c3-c3ccccc3C4NC(=O)c3ccnc4[nH]ccc34)[nH]c2c1. The van der Waals surface area contributed by atoms with Gasteiger partial charge in [0.1, 0.15) is 11.5 Å². The van der Waals surface area contributed by atoms with Crippen molar-refractivity contribution in [3.63, 3.8) is 0 Å². The first-order valence-corrected chi connectivity index (χ1v) is 13.8. The highest BCUT2D eigenvalue weighted by atomic mass is 16.5. The van der Waals surface area contributed by atoms with E-state index in [1.807, 2.05) is 42.5 Å². The van der Waals surface area contributed by atoms with Gasteiger partial charge in [-0.05, 0) is 59.0 Å². The zero-order valence-corrected chi connectivity index (χ0v) is 22.9. The molecule has 0 bridgehead atoms.